The number of aromatic carboxylic acids is 1. The van der Waals surface area contributed by atoms with Gasteiger partial charge in [0.2, 0.25) is 5.92 Å². The summed E-state index contributed by atoms with van der Waals surface area (Å²) >= 11 is 6.75. The van der Waals surface area contributed by atoms with Crippen molar-refractivity contribution in [2.75, 3.05) is 4.90 Å². The number of halogens is 3. The number of hydrogen-bond donors (Lipinski definition) is 2. The minimum absolute atomic E-state index is 0.0927. The van der Waals surface area contributed by atoms with E-state index in [1.54, 1.807) is 18.3 Å². The van der Waals surface area contributed by atoms with Crippen LogP contribution in [0.3, 0.4) is 0 Å². The average Bonchev–Trinajstić information content (AvgIpc) is 2.85. The van der Waals surface area contributed by atoms with Crippen LogP contribution in [-0.4, -0.2) is 23.0 Å². The molecular formula is C30H35ClF2N2O3. The van der Waals surface area contributed by atoms with Crippen LogP contribution in [0.4, 0.5) is 19.3 Å². The van der Waals surface area contributed by atoms with Crippen molar-refractivity contribution in [3.05, 3.63) is 76.0 Å². The van der Waals surface area contributed by atoms with Crippen LogP contribution in [0.5, 0.6) is 0 Å². The Morgan fingerprint density at radius 3 is 2.34 bits per heavy atom. The molecule has 1 aliphatic heterocycles. The minimum atomic E-state index is -2.75. The van der Waals surface area contributed by atoms with E-state index in [4.69, 9.17) is 11.6 Å². The van der Waals surface area contributed by atoms with Crippen molar-refractivity contribution in [1.82, 2.24) is 5.32 Å². The summed E-state index contributed by atoms with van der Waals surface area (Å²) in [5.41, 5.74) is 2.05. The third-order valence-corrected chi connectivity index (χ3v) is 8.37. The standard InChI is InChI=1S/C30H35ClF2N2O3/c1-5-19(4)30(23-11-8-20(26(31)14-23)7-6-18(2)3)25(22-15-29(32,33)16-22)17-35(28(38)34-30)24-12-9-21(10-13-24)27(36)37/h8-14,17-19,22H,5-7,15-16H2,1-4H3,(H,34,38)(H,36,37)/t19-,30+/m1/s1. The number of aryl methyl sites for hydroxylation is 1. The van der Waals surface area contributed by atoms with Crippen LogP contribution in [0.25, 0.3) is 0 Å². The Kier molecular flexibility index (Phi) is 7.89. The molecule has 5 nitrogen and oxygen atoms in total. The molecule has 1 fully saturated rings. The molecule has 1 heterocycles. The number of carboxylic acids is 1. The molecule has 0 aromatic heterocycles. The lowest BCUT2D eigenvalue weighted by atomic mass is 9.62. The maximum Gasteiger partial charge on any atom is 0.335 e. The van der Waals surface area contributed by atoms with Crippen molar-refractivity contribution in [2.24, 2.45) is 17.8 Å². The summed E-state index contributed by atoms with van der Waals surface area (Å²) in [6.07, 6.45) is 3.61. The number of alkyl halides is 2. The molecule has 1 aliphatic carbocycles. The van der Waals surface area contributed by atoms with Crippen molar-refractivity contribution >= 4 is 29.3 Å². The van der Waals surface area contributed by atoms with E-state index in [1.165, 1.54) is 17.0 Å². The van der Waals surface area contributed by atoms with Crippen LogP contribution in [0.2, 0.25) is 5.02 Å². The number of nitrogens with zero attached hydrogens (tertiary/aromatic N) is 1. The van der Waals surface area contributed by atoms with Crippen LogP contribution >= 0.6 is 11.6 Å². The molecule has 0 saturated heterocycles. The molecule has 2 atom stereocenters. The average molecular weight is 545 g/mol. The summed E-state index contributed by atoms with van der Waals surface area (Å²) < 4.78 is 28.3. The zero-order valence-electron chi connectivity index (χ0n) is 22.2. The first-order valence-corrected chi connectivity index (χ1v) is 13.6. The predicted octanol–water partition coefficient (Wildman–Crippen LogP) is 8.03. The Balaban J connectivity index is 1.83. The van der Waals surface area contributed by atoms with Crippen LogP contribution < -0.4 is 10.2 Å². The van der Waals surface area contributed by atoms with Gasteiger partial charge in [-0.2, -0.15) is 0 Å². The number of carboxylic acid groups (broad SMARTS) is 1. The maximum atomic E-state index is 14.2. The third-order valence-electron chi connectivity index (χ3n) is 8.02. The highest BCUT2D eigenvalue weighted by Gasteiger charge is 2.55. The van der Waals surface area contributed by atoms with Crippen LogP contribution in [0.15, 0.2) is 54.2 Å². The van der Waals surface area contributed by atoms with Crippen LogP contribution in [0.1, 0.15) is 74.9 Å². The fourth-order valence-corrected chi connectivity index (χ4v) is 5.82. The molecule has 2 N–H and O–H groups in total. The molecular weight excluding hydrogens is 510 g/mol. The normalized spacial score (nSPS) is 22.1. The monoisotopic (exact) mass is 544 g/mol. The lowest BCUT2D eigenvalue weighted by Crippen LogP contribution is -2.61. The quantitative estimate of drug-likeness (QED) is 0.336. The third kappa shape index (κ3) is 5.31. The van der Waals surface area contributed by atoms with Crippen LogP contribution in [0, 0.1) is 17.8 Å². The van der Waals surface area contributed by atoms with Crippen molar-refractivity contribution in [2.45, 2.75) is 71.3 Å². The van der Waals surface area contributed by atoms with Gasteiger partial charge in [0.05, 0.1) is 16.8 Å². The highest BCUT2D eigenvalue weighted by Crippen LogP contribution is 2.54. The van der Waals surface area contributed by atoms with E-state index in [2.05, 4.69) is 19.2 Å². The number of carbonyl (C=O) groups excluding carboxylic acids is 1. The SMILES string of the molecule is CC[C@@H](C)[C@@]1(c2ccc(CCC(C)C)c(Cl)c2)NC(=O)N(c2ccc(C(=O)O)cc2)C=C1C1CC(F)(F)C1. The van der Waals surface area contributed by atoms with E-state index in [-0.39, 0.29) is 24.3 Å². The molecule has 204 valence electrons. The molecule has 0 unspecified atom stereocenters. The molecule has 2 aliphatic rings. The smallest absolute Gasteiger partial charge is 0.335 e. The van der Waals surface area contributed by atoms with Gasteiger partial charge in [-0.1, -0.05) is 57.8 Å². The van der Waals surface area contributed by atoms with Crippen LogP contribution in [-0.2, 0) is 12.0 Å². The molecule has 2 aromatic carbocycles. The van der Waals surface area contributed by atoms with E-state index < -0.39 is 29.4 Å². The molecule has 8 heteroatoms. The molecule has 2 amide bonds. The van der Waals surface area contributed by atoms with Crippen molar-refractivity contribution in [3.8, 4) is 0 Å². The van der Waals surface area contributed by atoms with Gasteiger partial charge in [-0.3, -0.25) is 4.90 Å². The Morgan fingerprint density at radius 2 is 1.82 bits per heavy atom. The summed E-state index contributed by atoms with van der Waals surface area (Å²) in [5.74, 6) is -3.83. The minimum Gasteiger partial charge on any atom is -0.478 e. The van der Waals surface area contributed by atoms with Gasteiger partial charge < -0.3 is 10.4 Å². The Bertz CT molecular complexity index is 1240. The van der Waals surface area contributed by atoms with Gasteiger partial charge in [0.25, 0.3) is 0 Å². The van der Waals surface area contributed by atoms with E-state index in [0.717, 1.165) is 24.0 Å². The van der Waals surface area contributed by atoms with Gasteiger partial charge in [0.1, 0.15) is 0 Å². The van der Waals surface area contributed by atoms with E-state index >= 15 is 0 Å². The number of amides is 2. The first kappa shape index (κ1) is 28.1. The van der Waals surface area contributed by atoms with Gasteiger partial charge in [-0.15, -0.1) is 0 Å². The molecule has 0 bridgehead atoms. The lowest BCUT2D eigenvalue weighted by molar-refractivity contribution is -0.104. The Hall–Kier alpha value is -2.93. The zero-order valence-corrected chi connectivity index (χ0v) is 23.0. The van der Waals surface area contributed by atoms with Gasteiger partial charge in [0, 0.05) is 24.1 Å². The van der Waals surface area contributed by atoms with Gasteiger partial charge in [-0.25, -0.2) is 18.4 Å². The van der Waals surface area contributed by atoms with Crippen molar-refractivity contribution in [3.63, 3.8) is 0 Å². The molecule has 4 rings (SSSR count). The second-order valence-electron chi connectivity index (χ2n) is 11.1. The highest BCUT2D eigenvalue weighted by atomic mass is 35.5. The summed E-state index contributed by atoms with van der Waals surface area (Å²) in [5, 5.41) is 13.0. The van der Waals surface area contributed by atoms with E-state index in [0.29, 0.717) is 28.6 Å². The second-order valence-corrected chi connectivity index (χ2v) is 11.5. The van der Waals surface area contributed by atoms with Gasteiger partial charge >= 0.3 is 12.0 Å². The topological polar surface area (TPSA) is 69.6 Å². The largest absolute Gasteiger partial charge is 0.478 e. The number of nitrogens with one attached hydrogen (secondary N) is 1. The second kappa shape index (κ2) is 10.7. The number of anilines is 1. The van der Waals surface area contributed by atoms with E-state index in [1.807, 2.05) is 32.0 Å². The van der Waals surface area contributed by atoms with E-state index in [9.17, 15) is 23.5 Å². The summed E-state index contributed by atoms with van der Waals surface area (Å²) in [6.45, 7) is 8.35. The first-order valence-electron chi connectivity index (χ1n) is 13.2. The number of hydrogen-bond acceptors (Lipinski definition) is 2. The summed E-state index contributed by atoms with van der Waals surface area (Å²) in [4.78, 5) is 26.3. The summed E-state index contributed by atoms with van der Waals surface area (Å²) in [6, 6.07) is 11.3. The maximum absolute atomic E-state index is 14.2. The van der Waals surface area contributed by atoms with Gasteiger partial charge in [-0.05, 0) is 77.6 Å². The fraction of sp³-hybridized carbons (Fsp3) is 0.467. The first-order chi connectivity index (χ1) is 17.9. The summed E-state index contributed by atoms with van der Waals surface area (Å²) in [7, 11) is 0. The van der Waals surface area contributed by atoms with Crippen molar-refractivity contribution < 1.29 is 23.5 Å². The highest BCUT2D eigenvalue weighted by molar-refractivity contribution is 6.31. The van der Waals surface area contributed by atoms with Gasteiger partial charge in [0.15, 0.2) is 0 Å². The Morgan fingerprint density at radius 1 is 1.16 bits per heavy atom. The zero-order chi connectivity index (χ0) is 27.8. The Labute approximate surface area is 227 Å². The fourth-order valence-electron chi connectivity index (χ4n) is 5.54. The molecule has 0 radical (unpaired) electrons. The molecule has 1 saturated carbocycles. The number of urea groups is 1. The predicted molar refractivity (Wildman–Crippen MR) is 146 cm³/mol. The molecule has 38 heavy (non-hydrogen) atoms. The number of benzene rings is 2. The number of rotatable bonds is 9. The molecule has 0 spiro atoms. The number of carbonyl (C=O) groups is 2. The van der Waals surface area contributed by atoms with Crippen molar-refractivity contribution in [1.29, 1.82) is 0 Å². The lowest BCUT2D eigenvalue weighted by Gasteiger charge is -2.51. The molecule has 2 aromatic rings.